The molecule has 124 valence electrons. The molecule has 0 saturated carbocycles. The smallest absolute Gasteiger partial charge is 0.277 e. The summed E-state index contributed by atoms with van der Waals surface area (Å²) in [5.41, 5.74) is 4.38. The summed E-state index contributed by atoms with van der Waals surface area (Å²) in [6.07, 6.45) is 1.81. The van der Waals surface area contributed by atoms with Crippen molar-refractivity contribution in [3.8, 4) is 0 Å². The van der Waals surface area contributed by atoms with E-state index in [1.54, 1.807) is 11.7 Å². The van der Waals surface area contributed by atoms with Crippen LogP contribution in [0.2, 0.25) is 0 Å². The van der Waals surface area contributed by atoms with Crippen molar-refractivity contribution in [3.63, 3.8) is 0 Å². The highest BCUT2D eigenvalue weighted by Gasteiger charge is 2.14. The maximum atomic E-state index is 12.4. The Morgan fingerprint density at radius 3 is 2.67 bits per heavy atom. The topological polar surface area (TPSA) is 64.7 Å². The number of amides is 1. The fourth-order valence-corrected chi connectivity index (χ4v) is 3.32. The molecular formula is C17H18IN5O. The van der Waals surface area contributed by atoms with Crippen molar-refractivity contribution >= 4 is 34.2 Å². The minimum Gasteiger partial charge on any atom is -0.321 e. The lowest BCUT2D eigenvalue weighted by molar-refractivity contribution is 0.102. The van der Waals surface area contributed by atoms with Crippen LogP contribution in [0.1, 0.15) is 27.4 Å². The van der Waals surface area contributed by atoms with Gasteiger partial charge in [0.15, 0.2) is 5.69 Å². The van der Waals surface area contributed by atoms with Crippen molar-refractivity contribution in [1.29, 1.82) is 0 Å². The molecule has 6 nitrogen and oxygen atoms in total. The molecule has 2 heterocycles. The Labute approximate surface area is 154 Å². The van der Waals surface area contributed by atoms with Gasteiger partial charge in [-0.15, -0.1) is 0 Å². The summed E-state index contributed by atoms with van der Waals surface area (Å²) in [6.45, 7) is 4.69. The Balaban J connectivity index is 1.77. The standard InChI is InChI=1S/C17H18IN5O/c1-11-7-12(2)23(20-11)9-13-5-4-6-14(8-13)19-17(24)16-15(18)10-22(3)21-16/h4-8,10H,9H2,1-3H3,(H,19,24). The minimum atomic E-state index is -0.205. The van der Waals surface area contributed by atoms with Crippen LogP contribution in [0.15, 0.2) is 36.5 Å². The average Bonchev–Trinajstić information content (AvgIpc) is 3.00. The summed E-state index contributed by atoms with van der Waals surface area (Å²) in [5, 5.41) is 11.6. The highest BCUT2D eigenvalue weighted by atomic mass is 127. The highest BCUT2D eigenvalue weighted by Crippen LogP contribution is 2.16. The molecule has 2 aromatic heterocycles. The second kappa shape index (κ2) is 6.76. The largest absolute Gasteiger partial charge is 0.321 e. The van der Waals surface area contributed by atoms with Gasteiger partial charge in [-0.2, -0.15) is 10.2 Å². The third kappa shape index (κ3) is 3.66. The lowest BCUT2D eigenvalue weighted by Gasteiger charge is -2.08. The van der Waals surface area contributed by atoms with Crippen LogP contribution in [-0.2, 0) is 13.6 Å². The first-order valence-corrected chi connectivity index (χ1v) is 8.61. The van der Waals surface area contributed by atoms with Gasteiger partial charge in [0.1, 0.15) is 0 Å². The summed E-state index contributed by atoms with van der Waals surface area (Å²) in [6, 6.07) is 9.84. The number of halogens is 1. The Hall–Kier alpha value is -2.16. The Bertz CT molecular complexity index is 896. The number of nitrogens with one attached hydrogen (secondary N) is 1. The van der Waals surface area contributed by atoms with Gasteiger partial charge in [0.25, 0.3) is 5.91 Å². The van der Waals surface area contributed by atoms with Crippen molar-refractivity contribution in [3.05, 3.63) is 62.7 Å². The zero-order valence-electron chi connectivity index (χ0n) is 13.7. The monoisotopic (exact) mass is 435 g/mol. The Morgan fingerprint density at radius 1 is 1.25 bits per heavy atom. The minimum absolute atomic E-state index is 0.205. The first kappa shape index (κ1) is 16.7. The molecule has 1 amide bonds. The molecule has 0 aliphatic heterocycles. The van der Waals surface area contributed by atoms with Crippen LogP contribution in [0.25, 0.3) is 0 Å². The summed E-state index contributed by atoms with van der Waals surface area (Å²) in [5.74, 6) is -0.205. The number of hydrogen-bond donors (Lipinski definition) is 1. The molecule has 3 aromatic rings. The molecule has 0 saturated heterocycles. The van der Waals surface area contributed by atoms with Crippen LogP contribution >= 0.6 is 22.6 Å². The van der Waals surface area contributed by atoms with E-state index in [9.17, 15) is 4.79 Å². The predicted molar refractivity (Wildman–Crippen MR) is 101 cm³/mol. The lowest BCUT2D eigenvalue weighted by Crippen LogP contribution is -2.14. The molecule has 0 radical (unpaired) electrons. The van der Waals surface area contributed by atoms with Gasteiger partial charge in [-0.25, -0.2) is 0 Å². The van der Waals surface area contributed by atoms with Crippen molar-refractivity contribution in [2.24, 2.45) is 7.05 Å². The lowest BCUT2D eigenvalue weighted by atomic mass is 10.2. The summed E-state index contributed by atoms with van der Waals surface area (Å²) in [7, 11) is 1.80. The number of rotatable bonds is 4. The number of benzene rings is 1. The van der Waals surface area contributed by atoms with Crippen LogP contribution in [-0.4, -0.2) is 25.5 Å². The Kier molecular flexibility index (Phi) is 4.70. The SMILES string of the molecule is Cc1cc(C)n(Cc2cccc(NC(=O)c3nn(C)cc3I)c2)n1. The van der Waals surface area contributed by atoms with Gasteiger partial charge < -0.3 is 5.32 Å². The van der Waals surface area contributed by atoms with E-state index in [-0.39, 0.29) is 5.91 Å². The average molecular weight is 435 g/mol. The van der Waals surface area contributed by atoms with Crippen LogP contribution < -0.4 is 5.32 Å². The van der Waals surface area contributed by atoms with Gasteiger partial charge in [-0.1, -0.05) is 12.1 Å². The van der Waals surface area contributed by atoms with Crippen molar-refractivity contribution < 1.29 is 4.79 Å². The van der Waals surface area contributed by atoms with Gasteiger partial charge in [-0.05, 0) is 60.2 Å². The number of hydrogen-bond acceptors (Lipinski definition) is 3. The molecule has 3 rings (SSSR count). The van der Waals surface area contributed by atoms with E-state index in [1.807, 2.05) is 49.0 Å². The summed E-state index contributed by atoms with van der Waals surface area (Å²) in [4.78, 5) is 12.4. The zero-order chi connectivity index (χ0) is 17.3. The normalized spacial score (nSPS) is 10.8. The molecule has 7 heteroatoms. The third-order valence-electron chi connectivity index (χ3n) is 3.62. The fourth-order valence-electron chi connectivity index (χ4n) is 2.56. The molecule has 0 aliphatic rings. The second-order valence-electron chi connectivity index (χ2n) is 5.74. The molecule has 24 heavy (non-hydrogen) atoms. The summed E-state index contributed by atoms with van der Waals surface area (Å²) >= 11 is 2.11. The van der Waals surface area contributed by atoms with E-state index in [1.165, 1.54) is 0 Å². The van der Waals surface area contributed by atoms with Crippen LogP contribution in [0.3, 0.4) is 0 Å². The maximum Gasteiger partial charge on any atom is 0.277 e. The number of aryl methyl sites for hydroxylation is 3. The zero-order valence-corrected chi connectivity index (χ0v) is 15.9. The van der Waals surface area contributed by atoms with E-state index >= 15 is 0 Å². The first-order chi connectivity index (χ1) is 11.4. The molecule has 0 aliphatic carbocycles. The number of anilines is 1. The molecule has 0 bridgehead atoms. The number of carbonyl (C=O) groups is 1. The van der Waals surface area contributed by atoms with E-state index in [2.05, 4.69) is 44.2 Å². The number of aromatic nitrogens is 4. The van der Waals surface area contributed by atoms with E-state index in [4.69, 9.17) is 0 Å². The maximum absolute atomic E-state index is 12.4. The van der Waals surface area contributed by atoms with Crippen molar-refractivity contribution in [2.75, 3.05) is 5.32 Å². The van der Waals surface area contributed by atoms with E-state index < -0.39 is 0 Å². The molecule has 0 atom stereocenters. The van der Waals surface area contributed by atoms with E-state index in [0.29, 0.717) is 12.2 Å². The number of carbonyl (C=O) groups excluding carboxylic acids is 1. The first-order valence-electron chi connectivity index (χ1n) is 7.53. The molecule has 1 aromatic carbocycles. The fraction of sp³-hybridized carbons (Fsp3) is 0.235. The van der Waals surface area contributed by atoms with Crippen molar-refractivity contribution in [1.82, 2.24) is 19.6 Å². The van der Waals surface area contributed by atoms with E-state index in [0.717, 1.165) is 26.2 Å². The van der Waals surface area contributed by atoms with Gasteiger partial charge in [0.05, 0.1) is 15.8 Å². The quantitative estimate of drug-likeness (QED) is 0.641. The Morgan fingerprint density at radius 2 is 2.04 bits per heavy atom. The van der Waals surface area contributed by atoms with Gasteiger partial charge in [-0.3, -0.25) is 14.2 Å². The summed E-state index contributed by atoms with van der Waals surface area (Å²) < 4.78 is 4.42. The molecule has 0 spiro atoms. The van der Waals surface area contributed by atoms with Gasteiger partial charge in [0, 0.05) is 24.6 Å². The van der Waals surface area contributed by atoms with Crippen LogP contribution in [0.4, 0.5) is 5.69 Å². The molecular weight excluding hydrogens is 417 g/mol. The molecule has 1 N–H and O–H groups in total. The molecule has 0 unspecified atom stereocenters. The van der Waals surface area contributed by atoms with Gasteiger partial charge >= 0.3 is 0 Å². The highest BCUT2D eigenvalue weighted by molar-refractivity contribution is 14.1. The predicted octanol–water partition coefficient (Wildman–Crippen LogP) is 3.14. The number of nitrogens with zero attached hydrogens (tertiary/aromatic N) is 4. The van der Waals surface area contributed by atoms with Crippen LogP contribution in [0, 0.1) is 17.4 Å². The third-order valence-corrected chi connectivity index (χ3v) is 4.41. The second-order valence-corrected chi connectivity index (χ2v) is 6.90. The van der Waals surface area contributed by atoms with Gasteiger partial charge in [0.2, 0.25) is 0 Å². The van der Waals surface area contributed by atoms with Crippen molar-refractivity contribution in [2.45, 2.75) is 20.4 Å². The molecule has 0 fully saturated rings. The van der Waals surface area contributed by atoms with Crippen LogP contribution in [0.5, 0.6) is 0 Å².